The maximum atomic E-state index is 12.5. The fourth-order valence-corrected chi connectivity index (χ4v) is 2.87. The molecule has 114 valence electrons. The Balaban J connectivity index is 2.04. The number of amides is 2. The van der Waals surface area contributed by atoms with Crippen molar-refractivity contribution >= 4 is 11.8 Å². The fraction of sp³-hybridized carbons (Fsp3) is 0.500. The van der Waals surface area contributed by atoms with Gasteiger partial charge in [0.25, 0.3) is 0 Å². The first kappa shape index (κ1) is 15.5. The first-order chi connectivity index (χ1) is 10.1. The largest absolute Gasteiger partial charge is 0.368 e. The lowest BCUT2D eigenvalue weighted by molar-refractivity contribution is -0.136. The Bertz CT molecular complexity index is 493. The quantitative estimate of drug-likeness (QED) is 0.817. The molecule has 0 aliphatic heterocycles. The highest BCUT2D eigenvalue weighted by atomic mass is 16.2. The van der Waals surface area contributed by atoms with Crippen LogP contribution in [-0.4, -0.2) is 29.3 Å². The minimum atomic E-state index is -0.450. The van der Waals surface area contributed by atoms with Gasteiger partial charge in [-0.05, 0) is 24.0 Å². The Labute approximate surface area is 125 Å². The van der Waals surface area contributed by atoms with Crippen LogP contribution in [0.5, 0.6) is 0 Å². The monoisotopic (exact) mass is 289 g/mol. The molecule has 0 heterocycles. The highest BCUT2D eigenvalue weighted by Crippen LogP contribution is 2.24. The SMILES string of the molecule is NCc1ccc(CC(=O)N(CC(N)=O)C2CCCC2)cc1. The second-order valence-corrected chi connectivity index (χ2v) is 5.62. The number of carbonyl (C=O) groups excluding carboxylic acids is 2. The van der Waals surface area contributed by atoms with Crippen molar-refractivity contribution in [2.24, 2.45) is 11.5 Å². The Morgan fingerprint density at radius 2 is 1.67 bits per heavy atom. The van der Waals surface area contributed by atoms with E-state index in [1.807, 2.05) is 24.3 Å². The third-order valence-electron chi connectivity index (χ3n) is 4.03. The Hall–Kier alpha value is -1.88. The molecule has 5 nitrogen and oxygen atoms in total. The van der Waals surface area contributed by atoms with Gasteiger partial charge in [0.1, 0.15) is 0 Å². The van der Waals surface area contributed by atoms with Crippen molar-refractivity contribution in [3.8, 4) is 0 Å². The molecule has 4 N–H and O–H groups in total. The van der Waals surface area contributed by atoms with Crippen LogP contribution in [0.4, 0.5) is 0 Å². The van der Waals surface area contributed by atoms with Crippen LogP contribution in [0.1, 0.15) is 36.8 Å². The van der Waals surface area contributed by atoms with Gasteiger partial charge in [0.2, 0.25) is 11.8 Å². The standard InChI is InChI=1S/C16H23N3O2/c17-10-13-7-5-12(6-8-13)9-16(21)19(11-15(18)20)14-3-1-2-4-14/h5-8,14H,1-4,9-11,17H2,(H2,18,20). The van der Waals surface area contributed by atoms with E-state index in [9.17, 15) is 9.59 Å². The molecule has 1 aliphatic rings. The van der Waals surface area contributed by atoms with Gasteiger partial charge in [-0.1, -0.05) is 37.1 Å². The molecule has 1 aliphatic carbocycles. The molecular weight excluding hydrogens is 266 g/mol. The molecule has 0 atom stereocenters. The van der Waals surface area contributed by atoms with Crippen LogP contribution < -0.4 is 11.5 Å². The highest BCUT2D eigenvalue weighted by molar-refractivity contribution is 5.85. The number of hydrogen-bond donors (Lipinski definition) is 2. The summed E-state index contributed by atoms with van der Waals surface area (Å²) in [5.74, 6) is -0.477. The molecule has 0 aromatic heterocycles. The van der Waals surface area contributed by atoms with Crippen LogP contribution in [0.25, 0.3) is 0 Å². The van der Waals surface area contributed by atoms with Crippen LogP contribution >= 0.6 is 0 Å². The molecule has 0 bridgehead atoms. The maximum Gasteiger partial charge on any atom is 0.237 e. The zero-order valence-corrected chi connectivity index (χ0v) is 12.3. The van der Waals surface area contributed by atoms with E-state index < -0.39 is 5.91 Å². The number of benzene rings is 1. The van der Waals surface area contributed by atoms with E-state index in [1.165, 1.54) is 0 Å². The summed E-state index contributed by atoms with van der Waals surface area (Å²) < 4.78 is 0. The highest BCUT2D eigenvalue weighted by Gasteiger charge is 2.27. The fourth-order valence-electron chi connectivity index (χ4n) is 2.87. The second-order valence-electron chi connectivity index (χ2n) is 5.62. The zero-order chi connectivity index (χ0) is 15.2. The lowest BCUT2D eigenvalue weighted by atomic mass is 10.1. The smallest absolute Gasteiger partial charge is 0.237 e. The van der Waals surface area contributed by atoms with Gasteiger partial charge in [-0.2, -0.15) is 0 Å². The normalized spacial score (nSPS) is 15.1. The van der Waals surface area contributed by atoms with Gasteiger partial charge in [-0.15, -0.1) is 0 Å². The summed E-state index contributed by atoms with van der Waals surface area (Å²) in [7, 11) is 0. The zero-order valence-electron chi connectivity index (χ0n) is 12.3. The predicted molar refractivity (Wildman–Crippen MR) is 81.2 cm³/mol. The van der Waals surface area contributed by atoms with Gasteiger partial charge in [-0.3, -0.25) is 9.59 Å². The van der Waals surface area contributed by atoms with E-state index in [4.69, 9.17) is 11.5 Å². The lowest BCUT2D eigenvalue weighted by Gasteiger charge is -2.28. The van der Waals surface area contributed by atoms with Gasteiger partial charge >= 0.3 is 0 Å². The summed E-state index contributed by atoms with van der Waals surface area (Å²) in [6.07, 6.45) is 4.45. The summed E-state index contributed by atoms with van der Waals surface area (Å²) in [6, 6.07) is 7.84. The number of rotatable bonds is 6. The number of hydrogen-bond acceptors (Lipinski definition) is 3. The molecule has 0 radical (unpaired) electrons. The van der Waals surface area contributed by atoms with Gasteiger partial charge < -0.3 is 16.4 Å². The lowest BCUT2D eigenvalue weighted by Crippen LogP contribution is -2.44. The van der Waals surface area contributed by atoms with E-state index in [0.29, 0.717) is 13.0 Å². The van der Waals surface area contributed by atoms with Gasteiger partial charge in [0.05, 0.1) is 13.0 Å². The molecule has 21 heavy (non-hydrogen) atoms. The molecule has 5 heteroatoms. The average Bonchev–Trinajstić information content (AvgIpc) is 2.99. The number of nitrogens with two attached hydrogens (primary N) is 2. The molecule has 1 saturated carbocycles. The molecule has 0 saturated heterocycles. The Morgan fingerprint density at radius 3 is 2.19 bits per heavy atom. The maximum absolute atomic E-state index is 12.5. The van der Waals surface area contributed by atoms with Crippen molar-refractivity contribution in [1.82, 2.24) is 4.90 Å². The van der Waals surface area contributed by atoms with E-state index in [-0.39, 0.29) is 18.5 Å². The summed E-state index contributed by atoms with van der Waals surface area (Å²) in [5.41, 5.74) is 12.8. The predicted octanol–water partition coefficient (Wildman–Crippen LogP) is 0.944. The van der Waals surface area contributed by atoms with E-state index in [1.54, 1.807) is 4.90 Å². The number of carbonyl (C=O) groups is 2. The molecule has 0 spiro atoms. The Morgan fingerprint density at radius 1 is 1.10 bits per heavy atom. The van der Waals surface area contributed by atoms with Crippen LogP contribution in [0.2, 0.25) is 0 Å². The Kier molecular flexibility index (Phi) is 5.33. The van der Waals surface area contributed by atoms with E-state index in [0.717, 1.165) is 36.8 Å². The van der Waals surface area contributed by atoms with Crippen molar-refractivity contribution in [3.05, 3.63) is 35.4 Å². The van der Waals surface area contributed by atoms with E-state index >= 15 is 0 Å². The summed E-state index contributed by atoms with van der Waals surface area (Å²) >= 11 is 0. The van der Waals surface area contributed by atoms with Gasteiger partial charge in [0.15, 0.2) is 0 Å². The van der Waals surface area contributed by atoms with Crippen molar-refractivity contribution < 1.29 is 9.59 Å². The topological polar surface area (TPSA) is 89.4 Å². The molecule has 1 fully saturated rings. The molecule has 1 aromatic carbocycles. The summed E-state index contributed by atoms with van der Waals surface area (Å²) in [6.45, 7) is 0.508. The molecular formula is C16H23N3O2. The third-order valence-corrected chi connectivity index (χ3v) is 4.03. The van der Waals surface area contributed by atoms with E-state index in [2.05, 4.69) is 0 Å². The van der Waals surface area contributed by atoms with Gasteiger partial charge in [-0.25, -0.2) is 0 Å². The molecule has 1 aromatic rings. The minimum Gasteiger partial charge on any atom is -0.368 e. The van der Waals surface area contributed by atoms with Crippen LogP contribution in [0.15, 0.2) is 24.3 Å². The summed E-state index contributed by atoms with van der Waals surface area (Å²) in [5, 5.41) is 0. The van der Waals surface area contributed by atoms with Crippen LogP contribution in [0, 0.1) is 0 Å². The van der Waals surface area contributed by atoms with Crippen LogP contribution in [-0.2, 0) is 22.6 Å². The molecule has 0 unspecified atom stereocenters. The molecule has 2 amide bonds. The first-order valence-corrected chi connectivity index (χ1v) is 7.46. The first-order valence-electron chi connectivity index (χ1n) is 7.46. The summed E-state index contributed by atoms with van der Waals surface area (Å²) in [4.78, 5) is 25.4. The van der Waals surface area contributed by atoms with Gasteiger partial charge in [0, 0.05) is 12.6 Å². The number of nitrogens with zero attached hydrogens (tertiary/aromatic N) is 1. The number of primary amides is 1. The minimum absolute atomic E-state index is 0.0182. The van der Waals surface area contributed by atoms with Crippen molar-refractivity contribution in [3.63, 3.8) is 0 Å². The van der Waals surface area contributed by atoms with Crippen molar-refractivity contribution in [2.75, 3.05) is 6.54 Å². The van der Waals surface area contributed by atoms with Crippen molar-refractivity contribution in [2.45, 2.75) is 44.7 Å². The molecule has 2 rings (SSSR count). The third kappa shape index (κ3) is 4.29. The van der Waals surface area contributed by atoms with Crippen LogP contribution in [0.3, 0.4) is 0 Å². The average molecular weight is 289 g/mol. The van der Waals surface area contributed by atoms with Crippen molar-refractivity contribution in [1.29, 1.82) is 0 Å². The second kappa shape index (κ2) is 7.22.